The monoisotopic (exact) mass is 503 g/mol. The first-order valence-corrected chi connectivity index (χ1v) is 11.1. The molecule has 1 fully saturated rings. The molecular formula is C25H20Cl2FNO5. The summed E-state index contributed by atoms with van der Waals surface area (Å²) in [5.41, 5.74) is 0.681. The van der Waals surface area contributed by atoms with E-state index in [0.29, 0.717) is 17.9 Å². The molecule has 1 unspecified atom stereocenters. The predicted molar refractivity (Wildman–Crippen MR) is 126 cm³/mol. The van der Waals surface area contributed by atoms with E-state index >= 15 is 0 Å². The van der Waals surface area contributed by atoms with Crippen molar-refractivity contribution < 1.29 is 28.2 Å². The molecule has 1 atom stereocenters. The Hall–Kier alpha value is -3.29. The summed E-state index contributed by atoms with van der Waals surface area (Å²) in [6.45, 7) is 1.86. The van der Waals surface area contributed by atoms with E-state index in [2.05, 4.69) is 0 Å². The number of ketones is 1. The van der Waals surface area contributed by atoms with Gasteiger partial charge in [0.15, 0.2) is 0 Å². The maximum atomic E-state index is 13.3. The third-order valence-corrected chi connectivity index (χ3v) is 6.09. The summed E-state index contributed by atoms with van der Waals surface area (Å²) < 4.78 is 24.3. The number of likely N-dealkylation sites (tertiary alicyclic amines) is 1. The number of hydrogen-bond acceptors (Lipinski definition) is 5. The minimum absolute atomic E-state index is 0.0739. The van der Waals surface area contributed by atoms with Crippen molar-refractivity contribution >= 4 is 40.7 Å². The van der Waals surface area contributed by atoms with Gasteiger partial charge in [-0.2, -0.15) is 0 Å². The van der Waals surface area contributed by atoms with Gasteiger partial charge in [0.2, 0.25) is 0 Å². The maximum absolute atomic E-state index is 13.3. The zero-order valence-electron chi connectivity index (χ0n) is 18.3. The number of Topliss-reactive ketones (excluding diaryl/α,β-unsaturated/α-hetero) is 1. The number of rotatable bonds is 6. The molecule has 2 aromatic carbocycles. The molecule has 2 heterocycles. The standard InChI is InChI=1S/C25H20Cl2FNO5/c1-13-3-8-19(34-13)21-20(22(30)17-11-15(26)12-18(27)24(17)33-2)23(31)25(32)29(21)10-9-14-4-6-16(28)7-5-14/h3-8,11-12,21,30H,9-10H2,1-2H3/b22-20+. The number of aliphatic hydroxyl groups excluding tert-OH is 1. The SMILES string of the molecule is COc1c(Cl)cc(Cl)cc1/C(O)=C1\C(=O)C(=O)N(CCc2ccc(F)cc2)C1c1ccc(C)o1. The zero-order chi connectivity index (χ0) is 24.6. The highest BCUT2D eigenvalue weighted by atomic mass is 35.5. The van der Waals surface area contributed by atoms with Gasteiger partial charge in [-0.05, 0) is 55.3 Å². The second-order valence-electron chi connectivity index (χ2n) is 7.79. The van der Waals surface area contributed by atoms with Gasteiger partial charge in [-0.3, -0.25) is 9.59 Å². The zero-order valence-corrected chi connectivity index (χ0v) is 19.8. The van der Waals surface area contributed by atoms with Gasteiger partial charge in [0, 0.05) is 11.6 Å². The molecule has 3 aromatic rings. The second-order valence-corrected chi connectivity index (χ2v) is 8.63. The van der Waals surface area contributed by atoms with E-state index in [1.807, 2.05) is 0 Å². The fourth-order valence-electron chi connectivity index (χ4n) is 4.00. The minimum Gasteiger partial charge on any atom is -0.507 e. The molecule has 1 aliphatic rings. The van der Waals surface area contributed by atoms with E-state index in [0.717, 1.165) is 5.56 Å². The van der Waals surface area contributed by atoms with Crippen LogP contribution in [0.1, 0.15) is 28.7 Å². The smallest absolute Gasteiger partial charge is 0.295 e. The highest BCUT2D eigenvalue weighted by Gasteiger charge is 2.47. The molecule has 0 radical (unpaired) electrons. The molecule has 0 saturated carbocycles. The van der Waals surface area contributed by atoms with Gasteiger partial charge in [-0.25, -0.2) is 4.39 Å². The van der Waals surface area contributed by atoms with E-state index in [1.54, 1.807) is 31.2 Å². The van der Waals surface area contributed by atoms with Crippen molar-refractivity contribution in [1.29, 1.82) is 0 Å². The van der Waals surface area contributed by atoms with Crippen molar-refractivity contribution in [3.8, 4) is 5.75 Å². The van der Waals surface area contributed by atoms with Crippen molar-refractivity contribution in [2.45, 2.75) is 19.4 Å². The Morgan fingerprint density at radius 2 is 1.85 bits per heavy atom. The molecule has 6 nitrogen and oxygen atoms in total. The Bertz CT molecular complexity index is 1300. The first-order chi connectivity index (χ1) is 16.2. The molecule has 176 valence electrons. The topological polar surface area (TPSA) is 80.0 Å². The van der Waals surface area contributed by atoms with E-state index in [1.165, 1.54) is 36.3 Å². The number of ether oxygens (including phenoxy) is 1. The van der Waals surface area contributed by atoms with Crippen LogP contribution in [-0.4, -0.2) is 35.4 Å². The number of nitrogens with zero attached hydrogens (tertiary/aromatic N) is 1. The van der Waals surface area contributed by atoms with Crippen molar-refractivity contribution in [1.82, 2.24) is 4.90 Å². The molecule has 1 N–H and O–H groups in total. The number of amides is 1. The van der Waals surface area contributed by atoms with Gasteiger partial charge >= 0.3 is 0 Å². The lowest BCUT2D eigenvalue weighted by atomic mass is 9.98. The number of aryl methyl sites for hydroxylation is 1. The Morgan fingerprint density at radius 1 is 1.15 bits per heavy atom. The summed E-state index contributed by atoms with van der Waals surface area (Å²) in [6.07, 6.45) is 0.357. The van der Waals surface area contributed by atoms with Crippen molar-refractivity contribution in [3.63, 3.8) is 0 Å². The van der Waals surface area contributed by atoms with Gasteiger partial charge in [0.25, 0.3) is 11.7 Å². The van der Waals surface area contributed by atoms with Crippen LogP contribution in [0.15, 0.2) is 58.5 Å². The average molecular weight is 504 g/mol. The highest BCUT2D eigenvalue weighted by Crippen LogP contribution is 2.43. The molecule has 9 heteroatoms. The molecule has 0 aliphatic carbocycles. The van der Waals surface area contributed by atoms with E-state index < -0.39 is 23.5 Å². The molecule has 1 saturated heterocycles. The Morgan fingerprint density at radius 3 is 2.47 bits per heavy atom. The molecular weight excluding hydrogens is 484 g/mol. The van der Waals surface area contributed by atoms with Crippen LogP contribution in [-0.2, 0) is 16.0 Å². The molecule has 1 aliphatic heterocycles. The number of aliphatic hydroxyl groups is 1. The lowest BCUT2D eigenvalue weighted by Gasteiger charge is -2.23. The van der Waals surface area contributed by atoms with E-state index in [4.69, 9.17) is 32.4 Å². The molecule has 34 heavy (non-hydrogen) atoms. The van der Waals surface area contributed by atoms with Crippen LogP contribution in [0.2, 0.25) is 10.0 Å². The van der Waals surface area contributed by atoms with Crippen LogP contribution in [0.25, 0.3) is 5.76 Å². The number of methoxy groups -OCH3 is 1. The fraction of sp³-hybridized carbons (Fsp3) is 0.200. The molecule has 4 rings (SSSR count). The number of hydrogen-bond donors (Lipinski definition) is 1. The quantitative estimate of drug-likeness (QED) is 0.265. The second kappa shape index (κ2) is 9.52. The largest absolute Gasteiger partial charge is 0.507 e. The summed E-state index contributed by atoms with van der Waals surface area (Å²) in [7, 11) is 1.36. The normalized spacial score (nSPS) is 17.4. The Balaban J connectivity index is 1.82. The summed E-state index contributed by atoms with van der Waals surface area (Å²) in [4.78, 5) is 27.5. The Kier molecular flexibility index (Phi) is 6.68. The van der Waals surface area contributed by atoms with Crippen LogP contribution >= 0.6 is 23.2 Å². The van der Waals surface area contributed by atoms with Crippen LogP contribution in [0.4, 0.5) is 4.39 Å². The number of benzene rings is 2. The summed E-state index contributed by atoms with van der Waals surface area (Å²) >= 11 is 12.3. The lowest BCUT2D eigenvalue weighted by molar-refractivity contribution is -0.140. The van der Waals surface area contributed by atoms with Crippen LogP contribution in [0.5, 0.6) is 5.75 Å². The van der Waals surface area contributed by atoms with Gasteiger partial charge in [0.05, 0.1) is 23.3 Å². The first kappa shape index (κ1) is 23.9. The maximum Gasteiger partial charge on any atom is 0.295 e. The Labute approximate surface area is 205 Å². The van der Waals surface area contributed by atoms with Crippen molar-refractivity contribution in [2.24, 2.45) is 0 Å². The lowest BCUT2D eigenvalue weighted by Crippen LogP contribution is -2.31. The van der Waals surface area contributed by atoms with Crippen LogP contribution < -0.4 is 4.74 Å². The third kappa shape index (κ3) is 4.41. The van der Waals surface area contributed by atoms with Crippen molar-refractivity contribution in [2.75, 3.05) is 13.7 Å². The van der Waals surface area contributed by atoms with Crippen LogP contribution in [0.3, 0.4) is 0 Å². The van der Waals surface area contributed by atoms with Gasteiger partial charge in [-0.15, -0.1) is 0 Å². The van der Waals surface area contributed by atoms with E-state index in [9.17, 15) is 19.1 Å². The summed E-state index contributed by atoms with van der Waals surface area (Å²) in [5, 5.41) is 11.6. The summed E-state index contributed by atoms with van der Waals surface area (Å²) in [5.74, 6) is -1.54. The number of halogens is 3. The minimum atomic E-state index is -0.989. The number of furan rings is 1. The molecule has 1 aromatic heterocycles. The van der Waals surface area contributed by atoms with Gasteiger partial charge in [0.1, 0.15) is 34.9 Å². The first-order valence-electron chi connectivity index (χ1n) is 10.3. The highest BCUT2D eigenvalue weighted by molar-refractivity contribution is 6.46. The van der Waals surface area contributed by atoms with Crippen molar-refractivity contribution in [3.05, 3.63) is 92.6 Å². The molecule has 0 bridgehead atoms. The van der Waals surface area contributed by atoms with Crippen LogP contribution in [0, 0.1) is 12.7 Å². The number of carbonyl (C=O) groups excluding carboxylic acids is 2. The summed E-state index contributed by atoms with van der Waals surface area (Å²) in [6, 6.07) is 11.1. The average Bonchev–Trinajstić information content (AvgIpc) is 3.33. The molecule has 0 spiro atoms. The number of carbonyl (C=O) groups is 2. The third-order valence-electron chi connectivity index (χ3n) is 5.59. The van der Waals surface area contributed by atoms with Gasteiger partial charge < -0.3 is 19.2 Å². The predicted octanol–water partition coefficient (Wildman–Crippen LogP) is 5.71. The fourth-order valence-corrected chi connectivity index (χ4v) is 4.57. The van der Waals surface area contributed by atoms with E-state index in [-0.39, 0.29) is 39.3 Å². The molecule has 1 amide bonds. The van der Waals surface area contributed by atoms with Gasteiger partial charge in [-0.1, -0.05) is 35.3 Å².